The highest BCUT2D eigenvalue weighted by atomic mass is 16.5. The fourth-order valence-corrected chi connectivity index (χ4v) is 1.59. The van der Waals surface area contributed by atoms with E-state index in [1.54, 1.807) is 0 Å². The summed E-state index contributed by atoms with van der Waals surface area (Å²) in [5.41, 5.74) is 3.68. The molecular formula is C13H20O2. The molecule has 1 aromatic carbocycles. The molecule has 0 spiro atoms. The Morgan fingerprint density at radius 1 is 1.33 bits per heavy atom. The number of aliphatic hydroxyl groups is 1. The van der Waals surface area contributed by atoms with Crippen LogP contribution < -0.4 is 0 Å². The van der Waals surface area contributed by atoms with Gasteiger partial charge in [0.2, 0.25) is 0 Å². The molecule has 0 amide bonds. The molecule has 1 rings (SSSR count). The van der Waals surface area contributed by atoms with Gasteiger partial charge in [0, 0.05) is 13.0 Å². The molecule has 0 aliphatic carbocycles. The summed E-state index contributed by atoms with van der Waals surface area (Å²) in [4.78, 5) is 0. The third kappa shape index (κ3) is 4.02. The zero-order chi connectivity index (χ0) is 11.3. The van der Waals surface area contributed by atoms with Crippen LogP contribution in [0.5, 0.6) is 0 Å². The van der Waals surface area contributed by atoms with Gasteiger partial charge in [-0.15, -0.1) is 0 Å². The van der Waals surface area contributed by atoms with Crippen molar-refractivity contribution < 1.29 is 9.84 Å². The fourth-order valence-electron chi connectivity index (χ4n) is 1.59. The van der Waals surface area contributed by atoms with Crippen molar-refractivity contribution in [3.8, 4) is 0 Å². The molecule has 0 radical (unpaired) electrons. The van der Waals surface area contributed by atoms with Crippen LogP contribution in [0.1, 0.15) is 23.6 Å². The third-order valence-corrected chi connectivity index (χ3v) is 2.47. The van der Waals surface area contributed by atoms with Gasteiger partial charge in [0.05, 0.1) is 12.7 Å². The molecule has 0 fully saturated rings. The maximum atomic E-state index is 9.72. The number of hydrogen-bond donors (Lipinski definition) is 1. The van der Waals surface area contributed by atoms with Crippen LogP contribution in [0.3, 0.4) is 0 Å². The number of ether oxygens (including phenoxy) is 1. The summed E-state index contributed by atoms with van der Waals surface area (Å²) in [7, 11) is 0. The van der Waals surface area contributed by atoms with E-state index in [0.29, 0.717) is 19.6 Å². The van der Waals surface area contributed by atoms with Crippen LogP contribution in [0.25, 0.3) is 0 Å². The Morgan fingerprint density at radius 2 is 2.07 bits per heavy atom. The van der Waals surface area contributed by atoms with Gasteiger partial charge < -0.3 is 9.84 Å². The fraction of sp³-hybridized carbons (Fsp3) is 0.538. The van der Waals surface area contributed by atoms with Crippen molar-refractivity contribution >= 4 is 0 Å². The zero-order valence-corrected chi connectivity index (χ0v) is 9.79. The molecule has 1 unspecified atom stereocenters. The smallest absolute Gasteiger partial charge is 0.0813 e. The van der Waals surface area contributed by atoms with Crippen LogP contribution in [0, 0.1) is 13.8 Å². The first-order chi connectivity index (χ1) is 7.13. The summed E-state index contributed by atoms with van der Waals surface area (Å²) in [6, 6.07) is 6.32. The maximum Gasteiger partial charge on any atom is 0.0813 e. The van der Waals surface area contributed by atoms with E-state index in [9.17, 15) is 5.11 Å². The Bertz CT molecular complexity index is 307. The minimum Gasteiger partial charge on any atom is -0.390 e. The quantitative estimate of drug-likeness (QED) is 0.804. The average Bonchev–Trinajstić information content (AvgIpc) is 2.20. The van der Waals surface area contributed by atoms with Crippen LogP contribution >= 0.6 is 0 Å². The van der Waals surface area contributed by atoms with Gasteiger partial charge in [-0.05, 0) is 31.9 Å². The number of rotatable bonds is 5. The molecule has 0 heterocycles. The highest BCUT2D eigenvalue weighted by Crippen LogP contribution is 2.12. The Kier molecular flexibility index (Phi) is 4.79. The highest BCUT2D eigenvalue weighted by Gasteiger charge is 2.07. The molecular weight excluding hydrogens is 188 g/mol. The summed E-state index contributed by atoms with van der Waals surface area (Å²) < 4.78 is 5.19. The highest BCUT2D eigenvalue weighted by molar-refractivity contribution is 5.30. The van der Waals surface area contributed by atoms with Gasteiger partial charge >= 0.3 is 0 Å². The van der Waals surface area contributed by atoms with Crippen LogP contribution in [0.2, 0.25) is 0 Å². The van der Waals surface area contributed by atoms with Crippen molar-refractivity contribution in [2.45, 2.75) is 33.3 Å². The number of hydrogen-bond acceptors (Lipinski definition) is 2. The Balaban J connectivity index is 2.59. The number of aliphatic hydroxyl groups excluding tert-OH is 1. The molecule has 1 aromatic rings. The van der Waals surface area contributed by atoms with E-state index in [1.165, 1.54) is 16.7 Å². The van der Waals surface area contributed by atoms with Crippen molar-refractivity contribution in [2.75, 3.05) is 13.2 Å². The second kappa shape index (κ2) is 5.89. The van der Waals surface area contributed by atoms with E-state index >= 15 is 0 Å². The lowest BCUT2D eigenvalue weighted by molar-refractivity contribution is 0.0429. The lowest BCUT2D eigenvalue weighted by atomic mass is 10.0. The van der Waals surface area contributed by atoms with Gasteiger partial charge in [0.1, 0.15) is 0 Å². The second-order valence-electron chi connectivity index (χ2n) is 3.95. The standard InChI is InChI=1S/C13H20O2/c1-4-15-9-13(14)8-12-7-10(2)5-6-11(12)3/h5-7,13-14H,4,8-9H2,1-3H3. The molecule has 2 heteroatoms. The Morgan fingerprint density at radius 3 is 2.73 bits per heavy atom. The van der Waals surface area contributed by atoms with E-state index in [-0.39, 0.29) is 0 Å². The van der Waals surface area contributed by atoms with Crippen molar-refractivity contribution in [3.05, 3.63) is 34.9 Å². The minimum atomic E-state index is -0.398. The lowest BCUT2D eigenvalue weighted by Crippen LogP contribution is -2.18. The van der Waals surface area contributed by atoms with E-state index in [2.05, 4.69) is 32.0 Å². The zero-order valence-electron chi connectivity index (χ0n) is 9.79. The van der Waals surface area contributed by atoms with Crippen LogP contribution in [-0.4, -0.2) is 24.4 Å². The summed E-state index contributed by atoms with van der Waals surface area (Å²) >= 11 is 0. The molecule has 2 nitrogen and oxygen atoms in total. The van der Waals surface area contributed by atoms with E-state index in [4.69, 9.17) is 4.74 Å². The van der Waals surface area contributed by atoms with Crippen LogP contribution in [-0.2, 0) is 11.2 Å². The molecule has 1 N–H and O–H groups in total. The van der Waals surface area contributed by atoms with Gasteiger partial charge in [-0.25, -0.2) is 0 Å². The molecule has 15 heavy (non-hydrogen) atoms. The van der Waals surface area contributed by atoms with E-state index < -0.39 is 6.10 Å². The molecule has 0 aromatic heterocycles. The van der Waals surface area contributed by atoms with E-state index in [0.717, 1.165) is 0 Å². The third-order valence-electron chi connectivity index (χ3n) is 2.47. The van der Waals surface area contributed by atoms with Crippen molar-refractivity contribution in [3.63, 3.8) is 0 Å². The summed E-state index contributed by atoms with van der Waals surface area (Å²) in [5.74, 6) is 0. The number of aryl methyl sites for hydroxylation is 2. The first-order valence-electron chi connectivity index (χ1n) is 5.45. The Hall–Kier alpha value is -0.860. The normalized spacial score (nSPS) is 12.8. The maximum absolute atomic E-state index is 9.72. The van der Waals surface area contributed by atoms with Crippen molar-refractivity contribution in [1.82, 2.24) is 0 Å². The van der Waals surface area contributed by atoms with Gasteiger partial charge in [0.15, 0.2) is 0 Å². The second-order valence-corrected chi connectivity index (χ2v) is 3.95. The molecule has 0 aliphatic rings. The predicted octanol–water partition coefficient (Wildman–Crippen LogP) is 2.24. The predicted molar refractivity (Wildman–Crippen MR) is 62.1 cm³/mol. The lowest BCUT2D eigenvalue weighted by Gasteiger charge is -2.12. The molecule has 84 valence electrons. The first-order valence-corrected chi connectivity index (χ1v) is 5.45. The topological polar surface area (TPSA) is 29.5 Å². The monoisotopic (exact) mass is 208 g/mol. The minimum absolute atomic E-state index is 0.398. The van der Waals surface area contributed by atoms with Crippen LogP contribution in [0.15, 0.2) is 18.2 Å². The van der Waals surface area contributed by atoms with Gasteiger partial charge in [-0.2, -0.15) is 0 Å². The molecule has 0 aliphatic heterocycles. The van der Waals surface area contributed by atoms with Crippen molar-refractivity contribution in [2.24, 2.45) is 0 Å². The van der Waals surface area contributed by atoms with Crippen molar-refractivity contribution in [1.29, 1.82) is 0 Å². The SMILES string of the molecule is CCOCC(O)Cc1cc(C)ccc1C. The average molecular weight is 208 g/mol. The number of benzene rings is 1. The van der Waals surface area contributed by atoms with E-state index in [1.807, 2.05) is 6.92 Å². The molecule has 0 bridgehead atoms. The van der Waals surface area contributed by atoms with Gasteiger partial charge in [-0.3, -0.25) is 0 Å². The van der Waals surface area contributed by atoms with Gasteiger partial charge in [-0.1, -0.05) is 23.8 Å². The summed E-state index contributed by atoms with van der Waals surface area (Å²) in [6.45, 7) is 7.15. The largest absolute Gasteiger partial charge is 0.390 e. The summed E-state index contributed by atoms with van der Waals surface area (Å²) in [5, 5.41) is 9.72. The molecule has 0 saturated carbocycles. The first kappa shape index (κ1) is 12.2. The Labute approximate surface area is 91.9 Å². The van der Waals surface area contributed by atoms with Crippen LogP contribution in [0.4, 0.5) is 0 Å². The molecule has 0 saturated heterocycles. The molecule has 1 atom stereocenters. The summed E-state index contributed by atoms with van der Waals surface area (Å²) in [6.07, 6.45) is 0.276. The van der Waals surface area contributed by atoms with Gasteiger partial charge in [0.25, 0.3) is 0 Å².